The number of urea groups is 1. The van der Waals surface area contributed by atoms with Crippen LogP contribution in [-0.4, -0.2) is 29.4 Å². The Morgan fingerprint density at radius 3 is 2.41 bits per heavy atom. The predicted octanol–water partition coefficient (Wildman–Crippen LogP) is 1.54. The van der Waals surface area contributed by atoms with E-state index in [0.29, 0.717) is 11.3 Å². The molecule has 22 heavy (non-hydrogen) atoms. The van der Waals surface area contributed by atoms with Gasteiger partial charge in [0.25, 0.3) is 5.91 Å². The minimum absolute atomic E-state index is 0.121. The van der Waals surface area contributed by atoms with Gasteiger partial charge in [-0.05, 0) is 24.3 Å². The van der Waals surface area contributed by atoms with Crippen molar-refractivity contribution in [3.8, 4) is 0 Å². The summed E-state index contributed by atoms with van der Waals surface area (Å²) in [6.07, 6.45) is 1.41. The molecule has 0 radical (unpaired) electrons. The van der Waals surface area contributed by atoms with Crippen LogP contribution in [0.25, 0.3) is 0 Å². The molecular formula is C15H14N2O5. The summed E-state index contributed by atoms with van der Waals surface area (Å²) in [5, 5.41) is 0. The van der Waals surface area contributed by atoms with E-state index < -0.39 is 24.5 Å². The van der Waals surface area contributed by atoms with Crippen molar-refractivity contribution in [2.75, 3.05) is 6.61 Å². The summed E-state index contributed by atoms with van der Waals surface area (Å²) in [7, 11) is 0. The normalized spacial score (nSPS) is 10.0. The smallest absolute Gasteiger partial charge is 0.338 e. The second kappa shape index (κ2) is 7.07. The van der Waals surface area contributed by atoms with Crippen LogP contribution in [0, 0.1) is 0 Å². The lowest BCUT2D eigenvalue weighted by Gasteiger charge is -2.17. The number of benzene rings is 1. The van der Waals surface area contributed by atoms with Crippen LogP contribution in [0.1, 0.15) is 16.1 Å². The highest BCUT2D eigenvalue weighted by Gasteiger charge is 2.22. The summed E-state index contributed by atoms with van der Waals surface area (Å²) < 4.78 is 9.92. The number of esters is 1. The zero-order valence-electron chi connectivity index (χ0n) is 11.6. The zero-order chi connectivity index (χ0) is 15.9. The minimum Gasteiger partial charge on any atom is -0.467 e. The van der Waals surface area contributed by atoms with Crippen molar-refractivity contribution in [1.82, 2.24) is 4.90 Å². The Morgan fingerprint density at radius 1 is 1.09 bits per heavy atom. The van der Waals surface area contributed by atoms with E-state index in [9.17, 15) is 14.4 Å². The highest BCUT2D eigenvalue weighted by molar-refractivity contribution is 5.96. The monoisotopic (exact) mass is 302 g/mol. The number of nitrogens with zero attached hydrogens (tertiary/aromatic N) is 1. The Balaban J connectivity index is 1.94. The third-order valence-corrected chi connectivity index (χ3v) is 2.80. The Morgan fingerprint density at radius 2 is 1.82 bits per heavy atom. The number of furan rings is 1. The van der Waals surface area contributed by atoms with Crippen molar-refractivity contribution < 1.29 is 23.5 Å². The first-order chi connectivity index (χ1) is 10.6. The molecule has 2 N–H and O–H groups in total. The molecule has 1 aromatic heterocycles. The third-order valence-electron chi connectivity index (χ3n) is 2.80. The number of imide groups is 1. The number of rotatable bonds is 5. The van der Waals surface area contributed by atoms with E-state index in [4.69, 9.17) is 14.9 Å². The number of primary amides is 1. The maximum Gasteiger partial charge on any atom is 0.338 e. The molecule has 0 aliphatic rings. The number of ether oxygens (including phenoxy) is 1. The molecule has 114 valence electrons. The van der Waals surface area contributed by atoms with E-state index in [-0.39, 0.29) is 6.54 Å². The summed E-state index contributed by atoms with van der Waals surface area (Å²) in [6.45, 7) is -0.707. The number of nitrogens with two attached hydrogens (primary N) is 1. The van der Waals surface area contributed by atoms with E-state index in [1.165, 1.54) is 6.26 Å². The molecule has 7 nitrogen and oxygen atoms in total. The zero-order valence-corrected chi connectivity index (χ0v) is 11.6. The van der Waals surface area contributed by atoms with Gasteiger partial charge in [0, 0.05) is 0 Å². The molecule has 0 aliphatic heterocycles. The summed E-state index contributed by atoms with van der Waals surface area (Å²) in [4.78, 5) is 35.8. The third kappa shape index (κ3) is 3.95. The second-order valence-electron chi connectivity index (χ2n) is 4.34. The average molecular weight is 302 g/mol. The van der Waals surface area contributed by atoms with Gasteiger partial charge in [-0.15, -0.1) is 0 Å². The van der Waals surface area contributed by atoms with E-state index >= 15 is 0 Å². The molecule has 7 heteroatoms. The molecule has 0 saturated heterocycles. The van der Waals surface area contributed by atoms with Crippen LogP contribution in [0.2, 0.25) is 0 Å². The fourth-order valence-electron chi connectivity index (χ4n) is 1.71. The Labute approximate surface area is 126 Å². The lowest BCUT2D eigenvalue weighted by Crippen LogP contribution is -2.42. The van der Waals surface area contributed by atoms with Crippen LogP contribution in [0.5, 0.6) is 0 Å². The fourth-order valence-corrected chi connectivity index (χ4v) is 1.71. The van der Waals surface area contributed by atoms with Gasteiger partial charge in [0.1, 0.15) is 5.76 Å². The summed E-state index contributed by atoms with van der Waals surface area (Å²) in [6, 6.07) is 10.5. The Hall–Kier alpha value is -3.09. The molecule has 0 aliphatic carbocycles. The SMILES string of the molecule is NC(=O)N(Cc1ccco1)C(=O)COC(=O)c1ccccc1. The number of carbonyl (C=O) groups is 3. The summed E-state index contributed by atoms with van der Waals surface area (Å²) in [5.74, 6) is -0.994. The van der Waals surface area contributed by atoms with Crippen molar-refractivity contribution in [3.63, 3.8) is 0 Å². The van der Waals surface area contributed by atoms with Gasteiger partial charge in [-0.1, -0.05) is 18.2 Å². The van der Waals surface area contributed by atoms with E-state index in [0.717, 1.165) is 4.90 Å². The van der Waals surface area contributed by atoms with Crippen LogP contribution in [0.4, 0.5) is 4.79 Å². The van der Waals surface area contributed by atoms with Crippen molar-refractivity contribution in [1.29, 1.82) is 0 Å². The maximum absolute atomic E-state index is 12.0. The fraction of sp³-hybridized carbons (Fsp3) is 0.133. The van der Waals surface area contributed by atoms with Crippen LogP contribution in [0.3, 0.4) is 0 Å². The molecule has 0 unspecified atom stereocenters. The Bertz CT molecular complexity index is 652. The van der Waals surface area contributed by atoms with Crippen LogP contribution in [-0.2, 0) is 16.1 Å². The largest absolute Gasteiger partial charge is 0.467 e. The molecule has 0 saturated carbocycles. The van der Waals surface area contributed by atoms with Crippen molar-refractivity contribution in [2.24, 2.45) is 5.73 Å². The number of hydrogen-bond donors (Lipinski definition) is 1. The van der Waals surface area contributed by atoms with Gasteiger partial charge >= 0.3 is 12.0 Å². The topological polar surface area (TPSA) is 103 Å². The van der Waals surface area contributed by atoms with E-state index in [1.54, 1.807) is 42.5 Å². The molecule has 2 aromatic rings. The van der Waals surface area contributed by atoms with Gasteiger partial charge in [0.2, 0.25) is 0 Å². The van der Waals surface area contributed by atoms with Gasteiger partial charge in [-0.3, -0.25) is 9.69 Å². The molecular weight excluding hydrogens is 288 g/mol. The first-order valence-electron chi connectivity index (χ1n) is 6.42. The standard InChI is InChI=1S/C15H14N2O5/c16-15(20)17(9-12-7-4-8-21-12)13(18)10-22-14(19)11-5-2-1-3-6-11/h1-8H,9-10H2,(H2,16,20). The van der Waals surface area contributed by atoms with Crippen molar-refractivity contribution in [3.05, 3.63) is 60.1 Å². The maximum atomic E-state index is 12.0. The van der Waals surface area contributed by atoms with Crippen molar-refractivity contribution >= 4 is 17.9 Å². The predicted molar refractivity (Wildman–Crippen MR) is 75.6 cm³/mol. The molecule has 0 atom stereocenters. The number of amides is 3. The highest BCUT2D eigenvalue weighted by atomic mass is 16.5. The molecule has 3 amide bonds. The molecule has 2 rings (SSSR count). The molecule has 1 aromatic carbocycles. The highest BCUT2D eigenvalue weighted by Crippen LogP contribution is 2.07. The molecule has 1 heterocycles. The quantitative estimate of drug-likeness (QED) is 0.844. The lowest BCUT2D eigenvalue weighted by molar-refractivity contribution is -0.132. The first-order valence-corrected chi connectivity index (χ1v) is 6.42. The second-order valence-corrected chi connectivity index (χ2v) is 4.34. The lowest BCUT2D eigenvalue weighted by atomic mass is 10.2. The van der Waals surface area contributed by atoms with Crippen LogP contribution >= 0.6 is 0 Å². The van der Waals surface area contributed by atoms with Gasteiger partial charge in [-0.2, -0.15) is 0 Å². The van der Waals surface area contributed by atoms with Crippen LogP contribution < -0.4 is 5.73 Å². The van der Waals surface area contributed by atoms with Gasteiger partial charge < -0.3 is 14.9 Å². The molecule has 0 bridgehead atoms. The number of hydrogen-bond acceptors (Lipinski definition) is 5. The van der Waals surface area contributed by atoms with Gasteiger partial charge in [0.15, 0.2) is 6.61 Å². The first kappa shape index (κ1) is 15.3. The molecule has 0 fully saturated rings. The van der Waals surface area contributed by atoms with Gasteiger partial charge in [0.05, 0.1) is 18.4 Å². The average Bonchev–Trinajstić information content (AvgIpc) is 3.03. The van der Waals surface area contributed by atoms with E-state index in [1.807, 2.05) is 0 Å². The molecule has 0 spiro atoms. The van der Waals surface area contributed by atoms with Gasteiger partial charge in [-0.25, -0.2) is 9.59 Å². The summed E-state index contributed by atoms with van der Waals surface area (Å²) >= 11 is 0. The van der Waals surface area contributed by atoms with Crippen molar-refractivity contribution in [2.45, 2.75) is 6.54 Å². The Kier molecular flexibility index (Phi) is 4.92. The summed E-state index contributed by atoms with van der Waals surface area (Å²) in [5.41, 5.74) is 5.47. The van der Waals surface area contributed by atoms with E-state index in [2.05, 4.69) is 0 Å². The van der Waals surface area contributed by atoms with Crippen LogP contribution in [0.15, 0.2) is 53.1 Å². The minimum atomic E-state index is -0.947. The number of carbonyl (C=O) groups excluding carboxylic acids is 3.